The molecule has 27 heavy (non-hydrogen) atoms. The summed E-state index contributed by atoms with van der Waals surface area (Å²) in [6.07, 6.45) is 9.06. The zero-order valence-electron chi connectivity index (χ0n) is 16.2. The molecule has 4 bridgehead atoms. The van der Waals surface area contributed by atoms with Crippen LogP contribution in [0.25, 0.3) is 0 Å². The molecule has 1 aromatic rings. The lowest BCUT2D eigenvalue weighted by Crippen LogP contribution is -2.52. The maximum Gasteiger partial charge on any atom is 0.223 e. The number of halogens is 1. The summed E-state index contributed by atoms with van der Waals surface area (Å²) in [6, 6.07) is 6.78. The zero-order valence-corrected chi connectivity index (χ0v) is 16.2. The standard InChI is InChI=1S/C23H31FN2O/c24-21-3-1-17(2-4-21)16-25-5-7-26(8-6-25)22(27)15-23-12-18-9-19(13-23)11-20(10-18)14-23/h1-4,18-20H,5-16H2. The molecule has 0 radical (unpaired) electrons. The van der Waals surface area contributed by atoms with Gasteiger partial charge in [0.15, 0.2) is 0 Å². The van der Waals surface area contributed by atoms with E-state index in [2.05, 4.69) is 9.80 Å². The molecule has 5 aliphatic rings. The van der Waals surface area contributed by atoms with Crippen molar-refractivity contribution in [1.82, 2.24) is 9.80 Å². The Kier molecular flexibility index (Phi) is 4.50. The fraction of sp³-hybridized carbons (Fsp3) is 0.696. The van der Waals surface area contributed by atoms with Crippen molar-refractivity contribution in [1.29, 1.82) is 0 Å². The van der Waals surface area contributed by atoms with Crippen LogP contribution in [0.3, 0.4) is 0 Å². The second kappa shape index (κ2) is 6.88. The fourth-order valence-electron chi connectivity index (χ4n) is 6.94. The van der Waals surface area contributed by atoms with E-state index in [4.69, 9.17) is 0 Å². The molecule has 0 aromatic heterocycles. The van der Waals surface area contributed by atoms with E-state index in [-0.39, 0.29) is 5.82 Å². The molecule has 3 nitrogen and oxygen atoms in total. The van der Waals surface area contributed by atoms with Gasteiger partial charge in [-0.05, 0) is 79.4 Å². The highest BCUT2D eigenvalue weighted by atomic mass is 19.1. The van der Waals surface area contributed by atoms with Crippen LogP contribution in [-0.2, 0) is 11.3 Å². The maximum absolute atomic E-state index is 13.1. The summed E-state index contributed by atoms with van der Waals surface area (Å²) >= 11 is 0. The number of nitrogens with zero attached hydrogens (tertiary/aromatic N) is 2. The molecule has 1 amide bonds. The largest absolute Gasteiger partial charge is 0.340 e. The molecule has 4 saturated carbocycles. The Morgan fingerprint density at radius 3 is 2.04 bits per heavy atom. The summed E-state index contributed by atoms with van der Waals surface area (Å²) in [5, 5.41) is 0. The highest BCUT2D eigenvalue weighted by Crippen LogP contribution is 2.61. The smallest absolute Gasteiger partial charge is 0.223 e. The molecule has 4 aliphatic carbocycles. The van der Waals surface area contributed by atoms with E-state index in [1.807, 2.05) is 12.1 Å². The number of piperazine rings is 1. The van der Waals surface area contributed by atoms with E-state index in [0.717, 1.165) is 62.5 Å². The first-order chi connectivity index (χ1) is 13.1. The predicted molar refractivity (Wildman–Crippen MR) is 103 cm³/mol. The average molecular weight is 371 g/mol. The van der Waals surface area contributed by atoms with Crippen LogP contribution >= 0.6 is 0 Å². The lowest BCUT2D eigenvalue weighted by molar-refractivity contribution is -0.141. The van der Waals surface area contributed by atoms with Gasteiger partial charge in [0, 0.05) is 39.1 Å². The van der Waals surface area contributed by atoms with E-state index >= 15 is 0 Å². The summed E-state index contributed by atoms with van der Waals surface area (Å²) in [6.45, 7) is 4.37. The van der Waals surface area contributed by atoms with E-state index in [9.17, 15) is 9.18 Å². The van der Waals surface area contributed by atoms with Gasteiger partial charge in [-0.15, -0.1) is 0 Å². The Morgan fingerprint density at radius 2 is 1.48 bits per heavy atom. The van der Waals surface area contributed by atoms with Crippen LogP contribution in [0, 0.1) is 29.0 Å². The summed E-state index contributed by atoms with van der Waals surface area (Å²) in [5.74, 6) is 2.96. The molecule has 1 aromatic carbocycles. The normalized spacial score (nSPS) is 35.6. The number of hydrogen-bond acceptors (Lipinski definition) is 2. The third-order valence-electron chi connectivity index (χ3n) is 7.74. The molecule has 146 valence electrons. The highest BCUT2D eigenvalue weighted by molar-refractivity contribution is 5.77. The van der Waals surface area contributed by atoms with E-state index in [1.54, 1.807) is 0 Å². The van der Waals surface area contributed by atoms with Crippen molar-refractivity contribution < 1.29 is 9.18 Å². The van der Waals surface area contributed by atoms with Gasteiger partial charge < -0.3 is 4.90 Å². The molecular weight excluding hydrogens is 339 g/mol. The van der Waals surface area contributed by atoms with Gasteiger partial charge in [0.25, 0.3) is 0 Å². The number of carbonyl (C=O) groups excluding carboxylic acids is 1. The van der Waals surface area contributed by atoms with Gasteiger partial charge in [0.1, 0.15) is 5.82 Å². The number of rotatable bonds is 4. The quantitative estimate of drug-likeness (QED) is 0.797. The van der Waals surface area contributed by atoms with Crippen LogP contribution in [0.5, 0.6) is 0 Å². The van der Waals surface area contributed by atoms with Crippen molar-refractivity contribution in [3.8, 4) is 0 Å². The van der Waals surface area contributed by atoms with Crippen molar-refractivity contribution in [3.63, 3.8) is 0 Å². The summed E-state index contributed by atoms with van der Waals surface area (Å²) in [5.41, 5.74) is 1.49. The molecule has 1 aliphatic heterocycles. The number of hydrogen-bond donors (Lipinski definition) is 0. The molecular formula is C23H31FN2O. The maximum atomic E-state index is 13.1. The SMILES string of the molecule is O=C(CC12CC3CC(CC(C3)C1)C2)N1CCN(Cc2ccc(F)cc2)CC1. The lowest BCUT2D eigenvalue weighted by atomic mass is 9.49. The van der Waals surface area contributed by atoms with Gasteiger partial charge in [0.05, 0.1) is 0 Å². The van der Waals surface area contributed by atoms with Gasteiger partial charge in [-0.2, -0.15) is 0 Å². The Morgan fingerprint density at radius 1 is 0.926 bits per heavy atom. The molecule has 0 unspecified atom stereocenters. The number of amides is 1. The zero-order chi connectivity index (χ0) is 18.4. The minimum Gasteiger partial charge on any atom is -0.340 e. The van der Waals surface area contributed by atoms with Crippen LogP contribution in [0.15, 0.2) is 24.3 Å². The molecule has 0 atom stereocenters. The van der Waals surface area contributed by atoms with Gasteiger partial charge >= 0.3 is 0 Å². The Balaban J connectivity index is 1.14. The monoisotopic (exact) mass is 370 g/mol. The lowest BCUT2D eigenvalue weighted by Gasteiger charge is -2.57. The van der Waals surface area contributed by atoms with Gasteiger partial charge in [-0.1, -0.05) is 12.1 Å². The van der Waals surface area contributed by atoms with Crippen LogP contribution in [0.4, 0.5) is 4.39 Å². The fourth-order valence-corrected chi connectivity index (χ4v) is 6.94. The molecule has 0 N–H and O–H groups in total. The van der Waals surface area contributed by atoms with E-state index in [0.29, 0.717) is 11.3 Å². The molecule has 4 heteroatoms. The van der Waals surface area contributed by atoms with E-state index < -0.39 is 0 Å². The topological polar surface area (TPSA) is 23.6 Å². The van der Waals surface area contributed by atoms with Crippen molar-refractivity contribution >= 4 is 5.91 Å². The third-order valence-corrected chi connectivity index (χ3v) is 7.74. The molecule has 0 spiro atoms. The summed E-state index contributed by atoms with van der Waals surface area (Å²) in [7, 11) is 0. The average Bonchev–Trinajstić information content (AvgIpc) is 2.63. The number of benzene rings is 1. The summed E-state index contributed by atoms with van der Waals surface area (Å²) in [4.78, 5) is 17.5. The van der Waals surface area contributed by atoms with Gasteiger partial charge in [0.2, 0.25) is 5.91 Å². The Labute approximate surface area is 161 Å². The van der Waals surface area contributed by atoms with Gasteiger partial charge in [-0.3, -0.25) is 9.69 Å². The first kappa shape index (κ1) is 17.7. The predicted octanol–water partition coefficient (Wildman–Crippen LogP) is 4.08. The third kappa shape index (κ3) is 3.65. The second-order valence-corrected chi connectivity index (χ2v) is 9.88. The van der Waals surface area contributed by atoms with Crippen molar-refractivity contribution in [2.24, 2.45) is 23.2 Å². The Bertz CT molecular complexity index is 658. The van der Waals surface area contributed by atoms with Gasteiger partial charge in [-0.25, -0.2) is 4.39 Å². The van der Waals surface area contributed by atoms with Crippen LogP contribution < -0.4 is 0 Å². The molecule has 1 heterocycles. The van der Waals surface area contributed by atoms with E-state index in [1.165, 1.54) is 50.7 Å². The number of carbonyl (C=O) groups is 1. The first-order valence-corrected chi connectivity index (χ1v) is 10.8. The van der Waals surface area contributed by atoms with Crippen molar-refractivity contribution in [2.45, 2.75) is 51.5 Å². The summed E-state index contributed by atoms with van der Waals surface area (Å²) < 4.78 is 13.1. The van der Waals surface area contributed by atoms with Crippen LogP contribution in [0.1, 0.15) is 50.5 Å². The minimum atomic E-state index is -0.182. The first-order valence-electron chi connectivity index (χ1n) is 10.8. The molecule has 1 saturated heterocycles. The highest BCUT2D eigenvalue weighted by Gasteiger charge is 2.51. The molecule has 6 rings (SSSR count). The van der Waals surface area contributed by atoms with Crippen molar-refractivity contribution in [3.05, 3.63) is 35.6 Å². The Hall–Kier alpha value is -1.42. The van der Waals surface area contributed by atoms with Crippen LogP contribution in [0.2, 0.25) is 0 Å². The van der Waals surface area contributed by atoms with Crippen LogP contribution in [-0.4, -0.2) is 41.9 Å². The second-order valence-electron chi connectivity index (χ2n) is 9.88. The van der Waals surface area contributed by atoms with Crippen molar-refractivity contribution in [2.75, 3.05) is 26.2 Å². The molecule has 5 fully saturated rings. The minimum absolute atomic E-state index is 0.182.